The molecule has 3 atom stereocenters. The van der Waals surface area contributed by atoms with Crippen molar-refractivity contribution in [3.05, 3.63) is 85.1 Å². The molecular weight excluding hydrogens is 1010 g/mol. The van der Waals surface area contributed by atoms with Gasteiger partial charge in [-0.05, 0) is 77.0 Å². The first-order valence-corrected chi connectivity index (χ1v) is 35.5. The first-order chi connectivity index (χ1) is 39.0. The second-order valence-electron chi connectivity index (χ2n) is 24.2. The van der Waals surface area contributed by atoms with Gasteiger partial charge in [0.1, 0.15) is 13.2 Å². The van der Waals surface area contributed by atoms with Crippen LogP contribution in [0, 0.1) is 0 Å². The standard InChI is InChI=1S/C71H131N2O6P/c1-6-8-10-12-14-16-18-20-22-24-26-28-29-30-31-32-33-34-35-36-37-38-39-40-41-42-43-45-47-49-51-53-55-57-59-61-63-65-71(75)72-69(68-79-80(76,77)78-67-66-73(3,4)5)70(74)64-62-60-58-56-54-52-50-48-46-44-27-25-23-21-19-17-15-13-11-9-7-2/h8,10,14,16,20,22,26,28,30-31,54,56,62,64,69-70,74H,6-7,9,11-13,15,17-19,21,23-25,27,29,32-53,55,57-61,63,65-68H2,1-5H3,(H-,72,75,76,77)/p+1/b10-8-,16-14-,22-20-,28-26-,31-30-,56-54+,64-62+. The van der Waals surface area contributed by atoms with E-state index in [0.29, 0.717) is 17.4 Å². The molecule has 466 valence electrons. The number of unbranched alkanes of at least 4 members (excludes halogenated alkanes) is 37. The molecule has 0 heterocycles. The minimum atomic E-state index is -4.36. The number of amides is 1. The fourth-order valence-electron chi connectivity index (χ4n) is 9.85. The van der Waals surface area contributed by atoms with Crippen molar-refractivity contribution in [1.82, 2.24) is 5.32 Å². The lowest BCUT2D eigenvalue weighted by atomic mass is 10.0. The molecule has 0 aromatic heterocycles. The second-order valence-corrected chi connectivity index (χ2v) is 25.6. The molecule has 80 heavy (non-hydrogen) atoms. The summed E-state index contributed by atoms with van der Waals surface area (Å²) in [5.74, 6) is -0.183. The fourth-order valence-corrected chi connectivity index (χ4v) is 10.6. The van der Waals surface area contributed by atoms with Crippen LogP contribution in [0.4, 0.5) is 0 Å². The van der Waals surface area contributed by atoms with Crippen molar-refractivity contribution in [2.75, 3.05) is 40.9 Å². The third kappa shape index (κ3) is 63.3. The average molecular weight is 1140 g/mol. The summed E-state index contributed by atoms with van der Waals surface area (Å²) in [6, 6.07) is -0.866. The number of nitrogens with one attached hydrogen (secondary N) is 1. The fraction of sp³-hybridized carbons (Fsp3) is 0.789. The smallest absolute Gasteiger partial charge is 0.387 e. The van der Waals surface area contributed by atoms with Crippen molar-refractivity contribution < 1.29 is 32.9 Å². The Morgan fingerprint density at radius 2 is 0.762 bits per heavy atom. The molecule has 0 saturated heterocycles. The van der Waals surface area contributed by atoms with Crippen LogP contribution in [0.1, 0.15) is 309 Å². The van der Waals surface area contributed by atoms with Gasteiger partial charge in [0.05, 0.1) is 39.9 Å². The Balaban J connectivity index is 4.04. The van der Waals surface area contributed by atoms with E-state index in [1.165, 1.54) is 218 Å². The van der Waals surface area contributed by atoms with Gasteiger partial charge in [-0.15, -0.1) is 0 Å². The molecule has 9 heteroatoms. The Bertz CT molecular complexity index is 1580. The van der Waals surface area contributed by atoms with Crippen molar-refractivity contribution in [2.45, 2.75) is 321 Å². The monoisotopic (exact) mass is 1140 g/mol. The number of allylic oxidation sites excluding steroid dienone is 13. The molecule has 0 spiro atoms. The van der Waals surface area contributed by atoms with Crippen LogP contribution in [-0.2, 0) is 18.4 Å². The molecule has 8 nitrogen and oxygen atoms in total. The van der Waals surface area contributed by atoms with E-state index in [1.807, 2.05) is 27.2 Å². The van der Waals surface area contributed by atoms with Gasteiger partial charge in [0, 0.05) is 6.42 Å². The van der Waals surface area contributed by atoms with E-state index >= 15 is 0 Å². The number of hydrogen-bond donors (Lipinski definition) is 3. The SMILES string of the molecule is CC/C=C\C/C=C\C/C=C\C/C=C\C/C=C\CCCCCCCCCCCCCCCCCCCCCCCC(=O)NC(COP(=O)(O)OCC[N+](C)(C)C)C(O)/C=C/CC/C=C/CCCCCCCCCCCCCCCCC. The predicted molar refractivity (Wildman–Crippen MR) is 350 cm³/mol. The Morgan fingerprint density at radius 3 is 1.15 bits per heavy atom. The molecule has 0 saturated carbocycles. The molecule has 1 amide bonds. The molecule has 0 aliphatic heterocycles. The largest absolute Gasteiger partial charge is 0.472 e. The van der Waals surface area contributed by atoms with E-state index < -0.39 is 20.0 Å². The Kier molecular flexibility index (Phi) is 59.5. The number of carbonyl (C=O) groups excluding carboxylic acids is 1. The minimum Gasteiger partial charge on any atom is -0.387 e. The summed E-state index contributed by atoms with van der Waals surface area (Å²) < 4.78 is 23.8. The predicted octanol–water partition coefficient (Wildman–Crippen LogP) is 21.5. The maximum Gasteiger partial charge on any atom is 0.472 e. The lowest BCUT2D eigenvalue weighted by molar-refractivity contribution is -0.870. The van der Waals surface area contributed by atoms with Gasteiger partial charge >= 0.3 is 7.82 Å². The number of phosphoric acid groups is 1. The Labute approximate surface area is 497 Å². The maximum absolute atomic E-state index is 13.0. The molecule has 0 radical (unpaired) electrons. The summed E-state index contributed by atoms with van der Waals surface area (Å²) in [5.41, 5.74) is 0. The zero-order valence-corrected chi connectivity index (χ0v) is 54.2. The van der Waals surface area contributed by atoms with Gasteiger partial charge in [0.25, 0.3) is 0 Å². The van der Waals surface area contributed by atoms with Crippen LogP contribution in [0.25, 0.3) is 0 Å². The summed E-state index contributed by atoms with van der Waals surface area (Å²) in [6.45, 7) is 4.71. The highest BCUT2D eigenvalue weighted by atomic mass is 31.2. The van der Waals surface area contributed by atoms with E-state index in [-0.39, 0.29) is 19.1 Å². The van der Waals surface area contributed by atoms with Crippen LogP contribution in [-0.4, -0.2) is 73.4 Å². The normalized spacial score (nSPS) is 14.2. The molecule has 0 aliphatic rings. The number of aliphatic hydroxyl groups is 1. The number of carbonyl (C=O) groups is 1. The van der Waals surface area contributed by atoms with Crippen LogP contribution in [0.5, 0.6) is 0 Å². The second kappa shape index (κ2) is 61.2. The Morgan fingerprint density at radius 1 is 0.438 bits per heavy atom. The van der Waals surface area contributed by atoms with Crippen LogP contribution in [0.3, 0.4) is 0 Å². The van der Waals surface area contributed by atoms with Crippen molar-refractivity contribution in [2.24, 2.45) is 0 Å². The lowest BCUT2D eigenvalue weighted by Gasteiger charge is -2.25. The molecule has 0 fully saturated rings. The Hall–Kier alpha value is -2.32. The topological polar surface area (TPSA) is 105 Å². The van der Waals surface area contributed by atoms with E-state index in [4.69, 9.17) is 9.05 Å². The molecular formula is C71H132N2O6P+. The summed E-state index contributed by atoms with van der Waals surface area (Å²) >= 11 is 0. The number of phosphoric ester groups is 1. The molecule has 0 bridgehead atoms. The van der Waals surface area contributed by atoms with Gasteiger partial charge in [0.15, 0.2) is 0 Å². The number of nitrogens with zero attached hydrogens (tertiary/aromatic N) is 1. The molecule has 3 unspecified atom stereocenters. The van der Waals surface area contributed by atoms with Crippen molar-refractivity contribution in [1.29, 1.82) is 0 Å². The molecule has 0 rings (SSSR count). The van der Waals surface area contributed by atoms with E-state index in [9.17, 15) is 19.4 Å². The molecule has 0 aliphatic carbocycles. The summed E-state index contributed by atoms with van der Waals surface area (Å²) in [6.07, 6.45) is 87.3. The van der Waals surface area contributed by atoms with Gasteiger partial charge < -0.3 is 19.8 Å². The lowest BCUT2D eigenvalue weighted by Crippen LogP contribution is -2.45. The van der Waals surface area contributed by atoms with Crippen LogP contribution >= 0.6 is 7.82 Å². The van der Waals surface area contributed by atoms with Crippen molar-refractivity contribution >= 4 is 13.7 Å². The van der Waals surface area contributed by atoms with Gasteiger partial charge in [-0.1, -0.05) is 311 Å². The molecule has 0 aromatic rings. The van der Waals surface area contributed by atoms with E-state index in [2.05, 4.69) is 92.1 Å². The number of likely N-dealkylation sites (N-methyl/N-ethyl adjacent to an activating group) is 1. The average Bonchev–Trinajstić information content (AvgIpc) is 3.42. The van der Waals surface area contributed by atoms with E-state index in [1.54, 1.807) is 6.08 Å². The third-order valence-corrected chi connectivity index (χ3v) is 16.1. The van der Waals surface area contributed by atoms with Crippen LogP contribution in [0.15, 0.2) is 85.1 Å². The summed E-state index contributed by atoms with van der Waals surface area (Å²) in [7, 11) is 1.56. The van der Waals surface area contributed by atoms with E-state index in [0.717, 1.165) is 70.6 Å². The first-order valence-electron chi connectivity index (χ1n) is 34.0. The minimum absolute atomic E-state index is 0.0555. The summed E-state index contributed by atoms with van der Waals surface area (Å²) in [4.78, 5) is 23.4. The van der Waals surface area contributed by atoms with Crippen molar-refractivity contribution in [3.63, 3.8) is 0 Å². The molecule has 3 N–H and O–H groups in total. The highest BCUT2D eigenvalue weighted by Gasteiger charge is 2.28. The quantitative estimate of drug-likeness (QED) is 0.0243. The first kappa shape index (κ1) is 77.7. The van der Waals surface area contributed by atoms with Gasteiger partial charge in [-0.25, -0.2) is 4.57 Å². The number of quaternary nitrogens is 1. The van der Waals surface area contributed by atoms with Crippen LogP contribution in [0.2, 0.25) is 0 Å². The third-order valence-electron chi connectivity index (χ3n) is 15.1. The number of hydrogen-bond acceptors (Lipinski definition) is 5. The van der Waals surface area contributed by atoms with Gasteiger partial charge in [-0.2, -0.15) is 0 Å². The highest BCUT2D eigenvalue weighted by molar-refractivity contribution is 7.47. The maximum atomic E-state index is 13.0. The van der Waals surface area contributed by atoms with Crippen molar-refractivity contribution in [3.8, 4) is 0 Å². The highest BCUT2D eigenvalue weighted by Crippen LogP contribution is 2.43. The van der Waals surface area contributed by atoms with Gasteiger partial charge in [-0.3, -0.25) is 13.8 Å². The number of rotatable bonds is 62. The number of aliphatic hydroxyl groups excluding tert-OH is 1. The zero-order valence-electron chi connectivity index (χ0n) is 53.3. The summed E-state index contributed by atoms with van der Waals surface area (Å²) in [5, 5.41) is 14.0. The van der Waals surface area contributed by atoms with Gasteiger partial charge in [0.2, 0.25) is 5.91 Å². The zero-order chi connectivity index (χ0) is 58.4. The van der Waals surface area contributed by atoms with Crippen LogP contribution < -0.4 is 5.32 Å². The molecule has 0 aromatic carbocycles.